The van der Waals surface area contributed by atoms with Crippen molar-refractivity contribution < 1.29 is 9.59 Å². The van der Waals surface area contributed by atoms with Crippen LogP contribution in [-0.2, 0) is 16.0 Å². The Balaban J connectivity index is 1.54. The van der Waals surface area contributed by atoms with Gasteiger partial charge in [0.15, 0.2) is 0 Å². The number of thiazole rings is 1. The molecule has 2 N–H and O–H groups in total. The van der Waals surface area contributed by atoms with Gasteiger partial charge in [-0.05, 0) is 37.6 Å². The molecule has 1 heterocycles. The highest BCUT2D eigenvalue weighted by molar-refractivity contribution is 7.10. The van der Waals surface area contributed by atoms with Crippen molar-refractivity contribution in [1.82, 2.24) is 4.98 Å². The van der Waals surface area contributed by atoms with Crippen molar-refractivity contribution in [3.63, 3.8) is 0 Å². The number of benzene rings is 2. The van der Waals surface area contributed by atoms with Crippen LogP contribution in [0.3, 0.4) is 0 Å². The molecule has 0 atom stereocenters. The number of unbranched alkanes of at least 4 members (excludes halogenated alkanes) is 2. The zero-order chi connectivity index (χ0) is 21.3. The number of nitrogens with one attached hydrogen (secondary N) is 2. The minimum atomic E-state index is -0.0825. The van der Waals surface area contributed by atoms with Crippen LogP contribution in [0.25, 0.3) is 11.3 Å². The number of aryl methyl sites for hydroxylation is 1. The molecule has 0 aliphatic rings. The molecule has 5 nitrogen and oxygen atoms in total. The zero-order valence-corrected chi connectivity index (χ0v) is 18.2. The second-order valence-corrected chi connectivity index (χ2v) is 8.24. The Morgan fingerprint density at radius 2 is 1.53 bits per heavy atom. The number of aromatic nitrogens is 1. The van der Waals surface area contributed by atoms with E-state index in [2.05, 4.69) is 22.5 Å². The lowest BCUT2D eigenvalue weighted by atomic mass is 10.1. The molecular weight excluding hydrogens is 394 g/mol. The predicted molar refractivity (Wildman–Crippen MR) is 124 cm³/mol. The van der Waals surface area contributed by atoms with E-state index in [1.54, 1.807) is 0 Å². The molecule has 0 saturated carbocycles. The van der Waals surface area contributed by atoms with Crippen LogP contribution in [-0.4, -0.2) is 16.8 Å². The molecule has 0 spiro atoms. The topological polar surface area (TPSA) is 71.1 Å². The summed E-state index contributed by atoms with van der Waals surface area (Å²) in [4.78, 5) is 28.8. The maximum Gasteiger partial charge on any atom is 0.231 e. The van der Waals surface area contributed by atoms with E-state index in [4.69, 9.17) is 0 Å². The third-order valence-electron chi connectivity index (χ3n) is 4.67. The molecule has 6 heteroatoms. The van der Waals surface area contributed by atoms with Gasteiger partial charge in [-0.2, -0.15) is 0 Å². The highest BCUT2D eigenvalue weighted by Gasteiger charge is 2.10. The standard InChI is InChI=1S/C24H27N3O2S/c1-3-4-5-6-22(28)25-20-13-9-18(10-14-20)21-16-30-24(27-21)15-23(29)26-19-11-7-17(2)8-12-19/h7-14,16H,3-6,15H2,1-2H3,(H,25,28)(H,26,29). The molecule has 156 valence electrons. The number of anilines is 2. The molecule has 3 aromatic rings. The first kappa shape index (κ1) is 21.7. The van der Waals surface area contributed by atoms with Crippen LogP contribution < -0.4 is 10.6 Å². The fourth-order valence-corrected chi connectivity index (χ4v) is 3.79. The molecule has 3 rings (SSSR count). The van der Waals surface area contributed by atoms with E-state index in [9.17, 15) is 9.59 Å². The van der Waals surface area contributed by atoms with Gasteiger partial charge in [0.25, 0.3) is 0 Å². The van der Waals surface area contributed by atoms with Gasteiger partial charge in [0.05, 0.1) is 12.1 Å². The maximum atomic E-state index is 12.3. The molecule has 0 fully saturated rings. The van der Waals surface area contributed by atoms with Gasteiger partial charge in [-0.25, -0.2) is 4.98 Å². The smallest absolute Gasteiger partial charge is 0.231 e. The highest BCUT2D eigenvalue weighted by Crippen LogP contribution is 2.24. The third kappa shape index (κ3) is 6.52. The molecule has 2 amide bonds. The fourth-order valence-electron chi connectivity index (χ4n) is 2.99. The van der Waals surface area contributed by atoms with E-state index in [1.807, 2.05) is 60.8 Å². The molecule has 1 aromatic heterocycles. The molecule has 0 unspecified atom stereocenters. The number of hydrogen-bond donors (Lipinski definition) is 2. The number of nitrogens with zero attached hydrogens (tertiary/aromatic N) is 1. The first-order chi connectivity index (χ1) is 14.5. The Morgan fingerprint density at radius 3 is 2.20 bits per heavy atom. The quantitative estimate of drug-likeness (QED) is 0.428. The summed E-state index contributed by atoms with van der Waals surface area (Å²) in [6.07, 6.45) is 3.88. The molecular formula is C24H27N3O2S. The van der Waals surface area contributed by atoms with Gasteiger partial charge in [-0.3, -0.25) is 9.59 Å². The maximum absolute atomic E-state index is 12.3. The molecule has 30 heavy (non-hydrogen) atoms. The first-order valence-electron chi connectivity index (χ1n) is 10.2. The van der Waals surface area contributed by atoms with Crippen molar-refractivity contribution >= 4 is 34.5 Å². The lowest BCUT2D eigenvalue weighted by Gasteiger charge is -2.06. The summed E-state index contributed by atoms with van der Waals surface area (Å²) in [7, 11) is 0. The van der Waals surface area contributed by atoms with E-state index in [1.165, 1.54) is 11.3 Å². The molecule has 0 saturated heterocycles. The molecule has 0 aliphatic heterocycles. The summed E-state index contributed by atoms with van der Waals surface area (Å²) < 4.78 is 0. The predicted octanol–water partition coefficient (Wildman–Crippen LogP) is 5.82. The monoisotopic (exact) mass is 421 g/mol. The summed E-state index contributed by atoms with van der Waals surface area (Å²) in [5.41, 5.74) is 4.52. The van der Waals surface area contributed by atoms with E-state index in [0.29, 0.717) is 6.42 Å². The Labute approximate surface area is 181 Å². The molecule has 0 aliphatic carbocycles. The van der Waals surface area contributed by atoms with Crippen molar-refractivity contribution in [2.45, 2.75) is 46.0 Å². The van der Waals surface area contributed by atoms with Crippen LogP contribution in [0, 0.1) is 6.92 Å². The average Bonchev–Trinajstić information content (AvgIpc) is 3.19. The van der Waals surface area contributed by atoms with E-state index in [-0.39, 0.29) is 18.2 Å². The summed E-state index contributed by atoms with van der Waals surface area (Å²) in [6.45, 7) is 4.13. The van der Waals surface area contributed by atoms with Gasteiger partial charge < -0.3 is 10.6 Å². The minimum Gasteiger partial charge on any atom is -0.326 e. The molecule has 0 radical (unpaired) electrons. The molecule has 2 aromatic carbocycles. The van der Waals surface area contributed by atoms with E-state index >= 15 is 0 Å². The molecule has 0 bridgehead atoms. The number of rotatable bonds is 9. The van der Waals surface area contributed by atoms with Crippen molar-refractivity contribution in [2.24, 2.45) is 0 Å². The third-order valence-corrected chi connectivity index (χ3v) is 5.52. The lowest BCUT2D eigenvalue weighted by Crippen LogP contribution is -2.14. The van der Waals surface area contributed by atoms with Crippen molar-refractivity contribution in [3.05, 3.63) is 64.5 Å². The summed E-state index contributed by atoms with van der Waals surface area (Å²) in [5, 5.41) is 8.54. The van der Waals surface area contributed by atoms with Gasteiger partial charge in [0.2, 0.25) is 11.8 Å². The van der Waals surface area contributed by atoms with Crippen molar-refractivity contribution in [3.8, 4) is 11.3 Å². The fraction of sp³-hybridized carbons (Fsp3) is 0.292. The van der Waals surface area contributed by atoms with Gasteiger partial charge in [-0.15, -0.1) is 11.3 Å². The first-order valence-corrected chi connectivity index (χ1v) is 11.1. The lowest BCUT2D eigenvalue weighted by molar-refractivity contribution is -0.116. The Bertz CT molecular complexity index is 978. The van der Waals surface area contributed by atoms with Crippen molar-refractivity contribution in [2.75, 3.05) is 10.6 Å². The van der Waals surface area contributed by atoms with Gasteiger partial charge in [-0.1, -0.05) is 49.6 Å². The average molecular weight is 422 g/mol. The zero-order valence-electron chi connectivity index (χ0n) is 17.4. The number of hydrogen-bond acceptors (Lipinski definition) is 4. The Kier molecular flexibility index (Phi) is 7.74. The van der Waals surface area contributed by atoms with E-state index < -0.39 is 0 Å². The Hall–Kier alpha value is -2.99. The van der Waals surface area contributed by atoms with Gasteiger partial charge in [0, 0.05) is 28.7 Å². The van der Waals surface area contributed by atoms with Gasteiger partial charge >= 0.3 is 0 Å². The summed E-state index contributed by atoms with van der Waals surface area (Å²) in [5.74, 6) is -0.0346. The van der Waals surface area contributed by atoms with Crippen LogP contribution in [0.15, 0.2) is 53.9 Å². The summed E-state index contributed by atoms with van der Waals surface area (Å²) in [6, 6.07) is 15.4. The summed E-state index contributed by atoms with van der Waals surface area (Å²) >= 11 is 1.47. The second-order valence-electron chi connectivity index (χ2n) is 7.30. The number of carbonyl (C=O) groups is 2. The van der Waals surface area contributed by atoms with Crippen LogP contribution in [0.2, 0.25) is 0 Å². The number of carbonyl (C=O) groups excluding carboxylic acids is 2. The van der Waals surface area contributed by atoms with E-state index in [0.717, 1.165) is 52.5 Å². The van der Waals surface area contributed by atoms with Crippen LogP contribution in [0.1, 0.15) is 43.2 Å². The van der Waals surface area contributed by atoms with Crippen molar-refractivity contribution in [1.29, 1.82) is 0 Å². The second kappa shape index (κ2) is 10.7. The largest absolute Gasteiger partial charge is 0.326 e. The normalized spacial score (nSPS) is 10.6. The SMILES string of the molecule is CCCCCC(=O)Nc1ccc(-c2csc(CC(=O)Nc3ccc(C)cc3)n2)cc1. The van der Waals surface area contributed by atoms with Crippen LogP contribution in [0.5, 0.6) is 0 Å². The van der Waals surface area contributed by atoms with Crippen LogP contribution in [0.4, 0.5) is 11.4 Å². The van der Waals surface area contributed by atoms with Crippen LogP contribution >= 0.6 is 11.3 Å². The highest BCUT2D eigenvalue weighted by atomic mass is 32.1. The Morgan fingerprint density at radius 1 is 0.900 bits per heavy atom. The minimum absolute atomic E-state index is 0.0479. The van der Waals surface area contributed by atoms with Gasteiger partial charge in [0.1, 0.15) is 5.01 Å². The number of amides is 2.